The Labute approximate surface area is 161 Å². The Morgan fingerprint density at radius 3 is 2.75 bits per heavy atom. The van der Waals surface area contributed by atoms with Crippen LogP contribution in [0.15, 0.2) is 41.3 Å². The molecule has 3 rings (SSSR count). The van der Waals surface area contributed by atoms with Crippen molar-refractivity contribution in [3.05, 3.63) is 47.8 Å². The lowest BCUT2D eigenvalue weighted by molar-refractivity contribution is -0.118. The highest BCUT2D eigenvalue weighted by atomic mass is 32.2. The average molecular weight is 407 g/mol. The summed E-state index contributed by atoms with van der Waals surface area (Å²) in [4.78, 5) is 23.5. The molecule has 148 valence electrons. The van der Waals surface area contributed by atoms with E-state index in [1.807, 2.05) is 0 Å². The number of likely N-dealkylation sites (N-methyl/N-ethyl adjacent to an activating group) is 1. The summed E-state index contributed by atoms with van der Waals surface area (Å²) in [6, 6.07) is 8.39. The van der Waals surface area contributed by atoms with Crippen LogP contribution in [-0.2, 0) is 19.6 Å². The van der Waals surface area contributed by atoms with E-state index in [-0.39, 0.29) is 28.8 Å². The van der Waals surface area contributed by atoms with Gasteiger partial charge in [-0.1, -0.05) is 12.1 Å². The van der Waals surface area contributed by atoms with Crippen molar-refractivity contribution < 1.29 is 27.1 Å². The van der Waals surface area contributed by atoms with Gasteiger partial charge in [0.05, 0.1) is 22.8 Å². The third-order valence-electron chi connectivity index (χ3n) is 4.11. The zero-order valence-electron chi connectivity index (χ0n) is 15.2. The fourth-order valence-corrected chi connectivity index (χ4v) is 4.05. The first-order chi connectivity index (χ1) is 13.2. The van der Waals surface area contributed by atoms with E-state index in [9.17, 15) is 22.4 Å². The summed E-state index contributed by atoms with van der Waals surface area (Å²) in [5.41, 5.74) is 0.728. The monoisotopic (exact) mass is 407 g/mol. The summed E-state index contributed by atoms with van der Waals surface area (Å²) in [6.07, 6.45) is 0. The van der Waals surface area contributed by atoms with Crippen molar-refractivity contribution in [1.82, 2.24) is 4.31 Å². The van der Waals surface area contributed by atoms with Gasteiger partial charge in [-0.15, -0.1) is 0 Å². The molecular weight excluding hydrogens is 389 g/mol. The summed E-state index contributed by atoms with van der Waals surface area (Å²) in [7, 11) is -2.78. The molecule has 2 aromatic rings. The van der Waals surface area contributed by atoms with Crippen molar-refractivity contribution in [2.75, 3.05) is 30.8 Å². The average Bonchev–Trinajstić information content (AvgIpc) is 2.62. The number of para-hydroxylation sites is 1. The minimum absolute atomic E-state index is 0.0348. The molecule has 8 nitrogen and oxygen atoms in total. The first-order valence-electron chi connectivity index (χ1n) is 8.26. The van der Waals surface area contributed by atoms with Crippen LogP contribution in [0.5, 0.6) is 5.75 Å². The predicted molar refractivity (Wildman–Crippen MR) is 100 cm³/mol. The maximum Gasteiger partial charge on any atom is 0.262 e. The number of benzene rings is 2. The van der Waals surface area contributed by atoms with E-state index in [4.69, 9.17) is 4.74 Å². The second-order valence-electron chi connectivity index (χ2n) is 6.24. The third kappa shape index (κ3) is 3.97. The molecule has 0 aromatic heterocycles. The number of rotatable bonds is 5. The number of hydrogen-bond acceptors (Lipinski definition) is 5. The van der Waals surface area contributed by atoms with Gasteiger partial charge in [0.25, 0.3) is 5.91 Å². The van der Waals surface area contributed by atoms with Crippen LogP contribution < -0.4 is 15.4 Å². The standard InChI is InChI=1S/C18H18FN3O5S/c1-11-7-14-15(27-10-18(24)21-14)8-16(11)28(25,26)22(2)9-17(23)20-13-6-4-3-5-12(13)19/h3-8H,9-10H2,1-2H3,(H,20,23)(H,21,24). The van der Waals surface area contributed by atoms with Crippen LogP contribution in [0, 0.1) is 12.7 Å². The number of amides is 2. The van der Waals surface area contributed by atoms with Crippen LogP contribution in [0.1, 0.15) is 5.56 Å². The normalized spacial score (nSPS) is 13.5. The summed E-state index contributed by atoms with van der Waals surface area (Å²) in [6.45, 7) is 0.850. The van der Waals surface area contributed by atoms with Gasteiger partial charge >= 0.3 is 0 Å². The number of nitrogens with one attached hydrogen (secondary N) is 2. The minimum Gasteiger partial charge on any atom is -0.482 e. The van der Waals surface area contributed by atoms with Crippen LogP contribution in [0.4, 0.5) is 15.8 Å². The van der Waals surface area contributed by atoms with Crippen LogP contribution in [-0.4, -0.2) is 44.7 Å². The molecule has 0 aliphatic carbocycles. The van der Waals surface area contributed by atoms with E-state index >= 15 is 0 Å². The second kappa shape index (κ2) is 7.56. The summed E-state index contributed by atoms with van der Waals surface area (Å²) in [5.74, 6) is -1.40. The van der Waals surface area contributed by atoms with Gasteiger partial charge in [0, 0.05) is 13.1 Å². The fourth-order valence-electron chi connectivity index (χ4n) is 2.70. The van der Waals surface area contributed by atoms with Gasteiger partial charge in [-0.25, -0.2) is 12.8 Å². The lowest BCUT2D eigenvalue weighted by Crippen LogP contribution is -2.35. The van der Waals surface area contributed by atoms with Crippen molar-refractivity contribution in [3.8, 4) is 5.75 Å². The number of fused-ring (bicyclic) bond motifs is 1. The largest absolute Gasteiger partial charge is 0.482 e. The van der Waals surface area contributed by atoms with E-state index in [1.54, 1.807) is 13.0 Å². The molecule has 0 spiro atoms. The molecule has 1 aliphatic heterocycles. The highest BCUT2D eigenvalue weighted by molar-refractivity contribution is 7.89. The van der Waals surface area contributed by atoms with Gasteiger partial charge in [0.2, 0.25) is 15.9 Å². The number of hydrogen-bond donors (Lipinski definition) is 2. The van der Waals surface area contributed by atoms with Gasteiger partial charge in [-0.2, -0.15) is 4.31 Å². The van der Waals surface area contributed by atoms with Gasteiger partial charge in [0.1, 0.15) is 11.6 Å². The zero-order valence-corrected chi connectivity index (χ0v) is 16.0. The Bertz CT molecular complexity index is 1060. The lowest BCUT2D eigenvalue weighted by Gasteiger charge is -2.22. The minimum atomic E-state index is -4.03. The van der Waals surface area contributed by atoms with E-state index in [2.05, 4.69) is 10.6 Å². The second-order valence-corrected chi connectivity index (χ2v) is 8.25. The molecule has 0 fully saturated rings. The molecule has 0 bridgehead atoms. The Morgan fingerprint density at radius 1 is 1.32 bits per heavy atom. The van der Waals surface area contributed by atoms with Crippen LogP contribution in [0.2, 0.25) is 0 Å². The summed E-state index contributed by atoms with van der Waals surface area (Å²) < 4.78 is 45.5. The van der Waals surface area contributed by atoms with Crippen LogP contribution in [0.3, 0.4) is 0 Å². The molecule has 0 radical (unpaired) electrons. The van der Waals surface area contributed by atoms with Gasteiger partial charge in [0.15, 0.2) is 6.61 Å². The quantitative estimate of drug-likeness (QED) is 0.785. The molecule has 1 aliphatic rings. The number of aryl methyl sites for hydroxylation is 1. The molecule has 2 aromatic carbocycles. The van der Waals surface area contributed by atoms with Crippen molar-refractivity contribution >= 4 is 33.2 Å². The number of carbonyl (C=O) groups is 2. The van der Waals surface area contributed by atoms with Crippen molar-refractivity contribution in [1.29, 1.82) is 0 Å². The number of anilines is 2. The van der Waals surface area contributed by atoms with Crippen LogP contribution >= 0.6 is 0 Å². The van der Waals surface area contributed by atoms with Crippen molar-refractivity contribution in [2.45, 2.75) is 11.8 Å². The first kappa shape index (κ1) is 19.8. The smallest absolute Gasteiger partial charge is 0.262 e. The molecule has 10 heteroatoms. The highest BCUT2D eigenvalue weighted by Gasteiger charge is 2.28. The Kier molecular flexibility index (Phi) is 5.34. The maximum absolute atomic E-state index is 13.6. The number of nitrogens with zero attached hydrogens (tertiary/aromatic N) is 1. The van der Waals surface area contributed by atoms with E-state index in [1.165, 1.54) is 37.4 Å². The lowest BCUT2D eigenvalue weighted by atomic mass is 10.2. The SMILES string of the molecule is Cc1cc2c(cc1S(=O)(=O)N(C)CC(=O)Nc1ccccc1F)OCC(=O)N2. The van der Waals surface area contributed by atoms with Crippen molar-refractivity contribution in [2.24, 2.45) is 0 Å². The van der Waals surface area contributed by atoms with E-state index in [0.29, 0.717) is 11.3 Å². The van der Waals surface area contributed by atoms with E-state index < -0.39 is 28.3 Å². The molecule has 2 amide bonds. The maximum atomic E-state index is 13.6. The molecular formula is C18H18FN3O5S. The molecule has 1 heterocycles. The van der Waals surface area contributed by atoms with Crippen LogP contribution in [0.25, 0.3) is 0 Å². The Hall–Kier alpha value is -2.98. The summed E-state index contributed by atoms with van der Waals surface area (Å²) >= 11 is 0. The fraction of sp³-hybridized carbons (Fsp3) is 0.222. The van der Waals surface area contributed by atoms with Gasteiger partial charge in [-0.3, -0.25) is 9.59 Å². The third-order valence-corrected chi connectivity index (χ3v) is 6.06. The Morgan fingerprint density at radius 2 is 2.04 bits per heavy atom. The molecule has 0 saturated heterocycles. The number of carbonyl (C=O) groups excluding carboxylic acids is 2. The van der Waals surface area contributed by atoms with Gasteiger partial charge < -0.3 is 15.4 Å². The number of sulfonamides is 1. The molecule has 0 unspecified atom stereocenters. The molecule has 2 N–H and O–H groups in total. The summed E-state index contributed by atoms with van der Waals surface area (Å²) in [5, 5.41) is 4.94. The predicted octanol–water partition coefficient (Wildman–Crippen LogP) is 1.72. The van der Waals surface area contributed by atoms with Crippen molar-refractivity contribution in [3.63, 3.8) is 0 Å². The Balaban J connectivity index is 1.79. The topological polar surface area (TPSA) is 105 Å². The molecule has 0 saturated carbocycles. The molecule has 0 atom stereocenters. The van der Waals surface area contributed by atoms with Gasteiger partial charge in [-0.05, 0) is 30.7 Å². The number of ether oxygens (including phenoxy) is 1. The molecule has 28 heavy (non-hydrogen) atoms. The zero-order chi connectivity index (χ0) is 20.5. The highest BCUT2D eigenvalue weighted by Crippen LogP contribution is 2.33. The first-order valence-corrected chi connectivity index (χ1v) is 9.70. The van der Waals surface area contributed by atoms with E-state index in [0.717, 1.165) is 4.31 Å². The number of halogens is 1.